The number of nitrogens with zero attached hydrogens (tertiary/aromatic N) is 1. The van der Waals surface area contributed by atoms with Crippen LogP contribution in [-0.4, -0.2) is 25.1 Å². The number of thiazole rings is 1. The maximum absolute atomic E-state index is 12.4. The molecule has 1 aromatic heterocycles. The summed E-state index contributed by atoms with van der Waals surface area (Å²) in [4.78, 5) is 17.0. The standard InChI is InChI=1S/C22H22N2O3S/c1-26-19-9-7-16(11-20(19)27-2)22-24-18(13-28-22)12-21(25)23-17-8-6-14-4-3-5-15(14)10-17/h6-11,13H,3-5,12H2,1-2H3,(H,23,25). The van der Waals surface area contributed by atoms with Gasteiger partial charge in [0.05, 0.1) is 26.3 Å². The van der Waals surface area contributed by atoms with Gasteiger partial charge in [-0.15, -0.1) is 11.3 Å². The summed E-state index contributed by atoms with van der Waals surface area (Å²) in [6.07, 6.45) is 3.69. The Morgan fingerprint density at radius 1 is 1.07 bits per heavy atom. The molecule has 144 valence electrons. The minimum absolute atomic E-state index is 0.0536. The van der Waals surface area contributed by atoms with Crippen molar-refractivity contribution in [2.75, 3.05) is 19.5 Å². The van der Waals surface area contributed by atoms with Crippen LogP contribution in [0.5, 0.6) is 11.5 Å². The third kappa shape index (κ3) is 3.87. The highest BCUT2D eigenvalue weighted by molar-refractivity contribution is 7.13. The lowest BCUT2D eigenvalue weighted by atomic mass is 10.1. The van der Waals surface area contributed by atoms with Crippen molar-refractivity contribution < 1.29 is 14.3 Å². The van der Waals surface area contributed by atoms with E-state index in [0.717, 1.165) is 34.8 Å². The van der Waals surface area contributed by atoms with Gasteiger partial charge in [-0.3, -0.25) is 4.79 Å². The van der Waals surface area contributed by atoms with E-state index in [1.807, 2.05) is 29.6 Å². The van der Waals surface area contributed by atoms with Crippen LogP contribution in [0, 0.1) is 0 Å². The molecule has 28 heavy (non-hydrogen) atoms. The molecular formula is C22H22N2O3S. The van der Waals surface area contributed by atoms with Crippen molar-refractivity contribution in [3.63, 3.8) is 0 Å². The van der Waals surface area contributed by atoms with Crippen molar-refractivity contribution in [2.24, 2.45) is 0 Å². The summed E-state index contributed by atoms with van der Waals surface area (Å²) in [6.45, 7) is 0. The van der Waals surface area contributed by atoms with Crippen molar-refractivity contribution in [1.82, 2.24) is 4.98 Å². The minimum Gasteiger partial charge on any atom is -0.493 e. The molecular weight excluding hydrogens is 372 g/mol. The fourth-order valence-corrected chi connectivity index (χ4v) is 4.33. The molecule has 0 fully saturated rings. The van der Waals surface area contributed by atoms with E-state index in [4.69, 9.17) is 9.47 Å². The first kappa shape index (κ1) is 18.5. The molecule has 0 atom stereocenters. The summed E-state index contributed by atoms with van der Waals surface area (Å²) < 4.78 is 10.6. The first-order valence-corrected chi connectivity index (χ1v) is 10.1. The summed E-state index contributed by atoms with van der Waals surface area (Å²) in [5.41, 5.74) is 5.31. The van der Waals surface area contributed by atoms with Gasteiger partial charge in [0, 0.05) is 16.6 Å². The largest absolute Gasteiger partial charge is 0.493 e. The quantitative estimate of drug-likeness (QED) is 0.669. The fourth-order valence-electron chi connectivity index (χ4n) is 3.51. The molecule has 1 heterocycles. The molecule has 1 aliphatic carbocycles. The number of methoxy groups -OCH3 is 2. The molecule has 2 aromatic carbocycles. The summed E-state index contributed by atoms with van der Waals surface area (Å²) in [6, 6.07) is 11.9. The topological polar surface area (TPSA) is 60.5 Å². The van der Waals surface area contributed by atoms with E-state index in [2.05, 4.69) is 22.4 Å². The van der Waals surface area contributed by atoms with Crippen LogP contribution in [0.2, 0.25) is 0 Å². The van der Waals surface area contributed by atoms with Gasteiger partial charge in [-0.1, -0.05) is 6.07 Å². The number of rotatable bonds is 6. The van der Waals surface area contributed by atoms with Gasteiger partial charge in [-0.25, -0.2) is 4.98 Å². The van der Waals surface area contributed by atoms with Crippen LogP contribution in [0.25, 0.3) is 10.6 Å². The smallest absolute Gasteiger partial charge is 0.230 e. The number of amides is 1. The van der Waals surface area contributed by atoms with Crippen LogP contribution in [0.4, 0.5) is 5.69 Å². The van der Waals surface area contributed by atoms with Crippen LogP contribution in [0.3, 0.4) is 0 Å². The lowest BCUT2D eigenvalue weighted by Crippen LogP contribution is -2.14. The maximum atomic E-state index is 12.4. The lowest BCUT2D eigenvalue weighted by molar-refractivity contribution is -0.115. The molecule has 1 amide bonds. The third-order valence-corrected chi connectivity index (χ3v) is 5.85. The molecule has 4 rings (SSSR count). The van der Waals surface area contributed by atoms with Gasteiger partial charge in [0.1, 0.15) is 5.01 Å². The zero-order valence-electron chi connectivity index (χ0n) is 16.0. The number of anilines is 1. The number of aryl methyl sites for hydroxylation is 2. The van der Waals surface area contributed by atoms with E-state index in [1.165, 1.54) is 28.9 Å². The van der Waals surface area contributed by atoms with Gasteiger partial charge in [0.25, 0.3) is 0 Å². The zero-order chi connectivity index (χ0) is 19.5. The number of carbonyl (C=O) groups excluding carboxylic acids is 1. The fraction of sp³-hybridized carbons (Fsp3) is 0.273. The van der Waals surface area contributed by atoms with Gasteiger partial charge in [0.2, 0.25) is 5.91 Å². The van der Waals surface area contributed by atoms with Crippen molar-refractivity contribution in [3.05, 3.63) is 58.6 Å². The number of ether oxygens (including phenoxy) is 2. The average molecular weight is 394 g/mol. The highest BCUT2D eigenvalue weighted by Crippen LogP contribution is 2.33. The minimum atomic E-state index is -0.0536. The van der Waals surface area contributed by atoms with Gasteiger partial charge >= 0.3 is 0 Å². The molecule has 1 N–H and O–H groups in total. The van der Waals surface area contributed by atoms with Gasteiger partial charge in [-0.2, -0.15) is 0 Å². The monoisotopic (exact) mass is 394 g/mol. The number of benzene rings is 2. The normalized spacial score (nSPS) is 12.5. The number of nitrogens with one attached hydrogen (secondary N) is 1. The molecule has 0 bridgehead atoms. The van der Waals surface area contributed by atoms with Crippen molar-refractivity contribution in [2.45, 2.75) is 25.7 Å². The lowest BCUT2D eigenvalue weighted by Gasteiger charge is -2.08. The highest BCUT2D eigenvalue weighted by Gasteiger charge is 2.14. The SMILES string of the molecule is COc1ccc(-c2nc(CC(=O)Nc3ccc4c(c3)CCC4)cs2)cc1OC. The van der Waals surface area contributed by atoms with Crippen molar-refractivity contribution >= 4 is 22.9 Å². The van der Waals surface area contributed by atoms with Crippen LogP contribution in [-0.2, 0) is 24.1 Å². The second kappa shape index (κ2) is 8.02. The van der Waals surface area contributed by atoms with Crippen LogP contribution in [0.15, 0.2) is 41.8 Å². The third-order valence-electron chi connectivity index (χ3n) is 4.91. The Balaban J connectivity index is 1.44. The molecule has 1 aliphatic rings. The Bertz CT molecular complexity index is 1010. The number of aromatic nitrogens is 1. The summed E-state index contributed by atoms with van der Waals surface area (Å²) in [5, 5.41) is 5.76. The van der Waals surface area contributed by atoms with Crippen LogP contribution >= 0.6 is 11.3 Å². The summed E-state index contributed by atoms with van der Waals surface area (Å²) >= 11 is 1.51. The Morgan fingerprint density at radius 2 is 1.89 bits per heavy atom. The Labute approximate surface area is 168 Å². The van der Waals surface area contributed by atoms with Crippen LogP contribution in [0.1, 0.15) is 23.2 Å². The molecule has 0 unspecified atom stereocenters. The molecule has 3 aromatic rings. The van der Waals surface area contributed by atoms with Crippen molar-refractivity contribution in [1.29, 1.82) is 0 Å². The Kier molecular flexibility index (Phi) is 5.30. The predicted octanol–water partition coefficient (Wildman–Crippen LogP) is 4.50. The van der Waals surface area contributed by atoms with Gasteiger partial charge < -0.3 is 14.8 Å². The number of fused-ring (bicyclic) bond motifs is 1. The zero-order valence-corrected chi connectivity index (χ0v) is 16.8. The number of hydrogen-bond acceptors (Lipinski definition) is 5. The number of carbonyl (C=O) groups is 1. The van der Waals surface area contributed by atoms with Crippen molar-refractivity contribution in [3.8, 4) is 22.1 Å². The van der Waals surface area contributed by atoms with Gasteiger partial charge in [0.15, 0.2) is 11.5 Å². The Hall–Kier alpha value is -2.86. The number of hydrogen-bond donors (Lipinski definition) is 1. The first-order valence-electron chi connectivity index (χ1n) is 9.24. The molecule has 0 saturated carbocycles. The molecule has 0 aliphatic heterocycles. The predicted molar refractivity (Wildman–Crippen MR) is 111 cm³/mol. The van der Waals surface area contributed by atoms with E-state index in [0.29, 0.717) is 11.5 Å². The van der Waals surface area contributed by atoms with E-state index < -0.39 is 0 Å². The van der Waals surface area contributed by atoms with E-state index >= 15 is 0 Å². The molecule has 6 heteroatoms. The molecule has 0 spiro atoms. The van der Waals surface area contributed by atoms with E-state index in [1.54, 1.807) is 14.2 Å². The Morgan fingerprint density at radius 3 is 2.71 bits per heavy atom. The van der Waals surface area contributed by atoms with Gasteiger partial charge in [-0.05, 0) is 60.7 Å². The summed E-state index contributed by atoms with van der Waals surface area (Å²) in [7, 11) is 3.22. The molecule has 5 nitrogen and oxygen atoms in total. The molecule has 0 saturated heterocycles. The van der Waals surface area contributed by atoms with Crippen LogP contribution < -0.4 is 14.8 Å². The molecule has 0 radical (unpaired) electrons. The second-order valence-corrected chi connectivity index (χ2v) is 7.63. The first-order chi connectivity index (χ1) is 13.7. The van der Waals surface area contributed by atoms with E-state index in [-0.39, 0.29) is 12.3 Å². The van der Waals surface area contributed by atoms with E-state index in [9.17, 15) is 4.79 Å². The summed E-state index contributed by atoms with van der Waals surface area (Å²) in [5.74, 6) is 1.28. The average Bonchev–Trinajstić information content (AvgIpc) is 3.36. The highest BCUT2D eigenvalue weighted by atomic mass is 32.1. The second-order valence-electron chi connectivity index (χ2n) is 6.78. The maximum Gasteiger partial charge on any atom is 0.230 e.